The molecule has 1 atom stereocenters. The van der Waals surface area contributed by atoms with E-state index in [-0.39, 0.29) is 6.61 Å². The molecule has 4 N–H and O–H groups in total. The second kappa shape index (κ2) is 15.9. The molecule has 0 bridgehead atoms. The molecule has 0 saturated carbocycles. The number of amides is 2. The van der Waals surface area contributed by atoms with E-state index in [2.05, 4.69) is 24.1 Å². The van der Waals surface area contributed by atoms with E-state index in [0.717, 1.165) is 25.3 Å². The third-order valence-corrected chi connectivity index (χ3v) is 3.82. The molecule has 2 amide bonds. The molecule has 146 valence electrons. The minimum atomic E-state index is -1.82. The zero-order valence-electron chi connectivity index (χ0n) is 15.3. The molecule has 0 spiro atoms. The van der Waals surface area contributed by atoms with Crippen LogP contribution < -0.4 is 10.6 Å². The van der Waals surface area contributed by atoms with E-state index in [4.69, 9.17) is 14.9 Å². The molecule has 0 aromatic carbocycles. The van der Waals surface area contributed by atoms with Crippen LogP contribution in [0.25, 0.3) is 0 Å². The third-order valence-electron chi connectivity index (χ3n) is 3.82. The molecule has 25 heavy (non-hydrogen) atoms. The van der Waals surface area contributed by atoms with Gasteiger partial charge in [0, 0.05) is 6.54 Å². The smallest absolute Gasteiger partial charge is 0.407 e. The molecule has 0 aliphatic rings. The highest BCUT2D eigenvalue weighted by Gasteiger charge is 2.20. The first-order chi connectivity index (χ1) is 12.0. The van der Waals surface area contributed by atoms with Crippen LogP contribution in [0.15, 0.2) is 12.7 Å². The quantitative estimate of drug-likeness (QED) is 0.204. The van der Waals surface area contributed by atoms with Crippen molar-refractivity contribution in [3.63, 3.8) is 0 Å². The van der Waals surface area contributed by atoms with Gasteiger partial charge in [-0.1, -0.05) is 64.9 Å². The summed E-state index contributed by atoms with van der Waals surface area (Å²) in [6, 6.07) is -1.09. The van der Waals surface area contributed by atoms with Gasteiger partial charge >= 0.3 is 6.09 Å². The average molecular weight is 358 g/mol. The molecule has 0 aromatic heterocycles. The van der Waals surface area contributed by atoms with Crippen LogP contribution in [0.1, 0.15) is 64.7 Å². The predicted molar refractivity (Wildman–Crippen MR) is 96.9 cm³/mol. The second-order valence-electron chi connectivity index (χ2n) is 6.09. The number of ether oxygens (including phenoxy) is 1. The molecular weight excluding hydrogens is 324 g/mol. The van der Waals surface area contributed by atoms with Crippen LogP contribution in [0.2, 0.25) is 0 Å². The van der Waals surface area contributed by atoms with Crippen LogP contribution in [0.3, 0.4) is 0 Å². The maximum absolute atomic E-state index is 11.5. The fourth-order valence-electron chi connectivity index (χ4n) is 2.29. The second-order valence-corrected chi connectivity index (χ2v) is 6.09. The molecule has 0 radical (unpaired) electrons. The Morgan fingerprint density at radius 3 is 2.12 bits per heavy atom. The van der Waals surface area contributed by atoms with Crippen LogP contribution >= 0.6 is 0 Å². The summed E-state index contributed by atoms with van der Waals surface area (Å²) in [5, 5.41) is 23.1. The molecule has 0 saturated heterocycles. The average Bonchev–Trinajstić information content (AvgIpc) is 2.59. The minimum absolute atomic E-state index is 0.332. The lowest BCUT2D eigenvalue weighted by molar-refractivity contribution is -0.124. The van der Waals surface area contributed by atoms with Crippen molar-refractivity contribution in [2.24, 2.45) is 0 Å². The van der Waals surface area contributed by atoms with E-state index < -0.39 is 24.3 Å². The molecule has 0 aromatic rings. The molecule has 0 aliphatic carbocycles. The Kier molecular flexibility index (Phi) is 14.9. The van der Waals surface area contributed by atoms with Gasteiger partial charge in [0.2, 0.25) is 5.91 Å². The zero-order chi connectivity index (χ0) is 18.9. The van der Waals surface area contributed by atoms with Gasteiger partial charge in [0.15, 0.2) is 6.29 Å². The number of unbranched alkanes of at least 4 members (excludes halogenated alkanes) is 8. The summed E-state index contributed by atoms with van der Waals surface area (Å²) >= 11 is 0. The van der Waals surface area contributed by atoms with Crippen molar-refractivity contribution in [3.8, 4) is 0 Å². The maximum Gasteiger partial charge on any atom is 0.407 e. The van der Waals surface area contributed by atoms with Crippen molar-refractivity contribution in [1.82, 2.24) is 10.6 Å². The van der Waals surface area contributed by atoms with Gasteiger partial charge in [-0.2, -0.15) is 0 Å². The first-order valence-electron chi connectivity index (χ1n) is 9.21. The summed E-state index contributed by atoms with van der Waals surface area (Å²) in [5.41, 5.74) is 0. The number of carbonyl (C=O) groups excluding carboxylic acids is 2. The topological polar surface area (TPSA) is 108 Å². The van der Waals surface area contributed by atoms with E-state index in [0.29, 0.717) is 6.54 Å². The lowest BCUT2D eigenvalue weighted by Gasteiger charge is -2.19. The van der Waals surface area contributed by atoms with Crippen molar-refractivity contribution in [2.45, 2.75) is 77.0 Å². The standard InChI is InChI=1S/C18H34N2O5/c1-3-5-6-7-8-9-10-11-12-13-19-18(24)25-14-15(17(22)23)20-16(21)4-2/h4,15,17,22-23H,2-3,5-14H2,1H3,(H,19,24)(H,20,21). The molecule has 0 fully saturated rings. The fourth-order valence-corrected chi connectivity index (χ4v) is 2.29. The zero-order valence-corrected chi connectivity index (χ0v) is 15.3. The molecule has 7 heteroatoms. The SMILES string of the molecule is C=CC(=O)NC(COC(=O)NCCCCCCCCCCC)C(O)O. The number of carbonyl (C=O) groups is 2. The van der Waals surface area contributed by atoms with Gasteiger partial charge in [-0.15, -0.1) is 0 Å². The highest BCUT2D eigenvalue weighted by molar-refractivity contribution is 5.87. The summed E-state index contributed by atoms with van der Waals surface area (Å²) in [6.07, 6.45) is 9.34. The molecule has 0 rings (SSSR count). The van der Waals surface area contributed by atoms with Gasteiger partial charge < -0.3 is 25.6 Å². The Morgan fingerprint density at radius 2 is 1.60 bits per heavy atom. The monoisotopic (exact) mass is 358 g/mol. The summed E-state index contributed by atoms with van der Waals surface area (Å²) in [6.45, 7) is 5.65. The summed E-state index contributed by atoms with van der Waals surface area (Å²) in [4.78, 5) is 22.7. The van der Waals surface area contributed by atoms with Crippen LogP contribution in [0.5, 0.6) is 0 Å². The highest BCUT2D eigenvalue weighted by atomic mass is 16.6. The van der Waals surface area contributed by atoms with Crippen LogP contribution in [-0.4, -0.2) is 47.7 Å². The first-order valence-corrected chi connectivity index (χ1v) is 9.21. The van der Waals surface area contributed by atoms with Gasteiger partial charge in [-0.3, -0.25) is 4.79 Å². The number of aliphatic hydroxyl groups is 2. The number of nitrogens with one attached hydrogen (secondary N) is 2. The molecular formula is C18H34N2O5. The van der Waals surface area contributed by atoms with Crippen molar-refractivity contribution < 1.29 is 24.5 Å². The van der Waals surface area contributed by atoms with E-state index in [1.165, 1.54) is 38.5 Å². The number of aliphatic hydroxyl groups excluding tert-OH is 1. The van der Waals surface area contributed by atoms with Crippen LogP contribution in [-0.2, 0) is 9.53 Å². The van der Waals surface area contributed by atoms with E-state index in [9.17, 15) is 9.59 Å². The minimum Gasteiger partial charge on any atom is -0.447 e. The maximum atomic E-state index is 11.5. The van der Waals surface area contributed by atoms with Gasteiger partial charge in [0.25, 0.3) is 0 Å². The molecule has 7 nitrogen and oxygen atoms in total. The number of hydrogen-bond donors (Lipinski definition) is 4. The largest absolute Gasteiger partial charge is 0.447 e. The third kappa shape index (κ3) is 14.4. The number of alkyl carbamates (subject to hydrolysis) is 1. The Labute approximate surface area is 150 Å². The highest BCUT2D eigenvalue weighted by Crippen LogP contribution is 2.09. The van der Waals surface area contributed by atoms with Gasteiger partial charge in [0.1, 0.15) is 12.6 Å². The predicted octanol–water partition coefficient (Wildman–Crippen LogP) is 2.22. The molecule has 0 aliphatic heterocycles. The van der Waals surface area contributed by atoms with Gasteiger partial charge in [0.05, 0.1) is 0 Å². The van der Waals surface area contributed by atoms with Crippen molar-refractivity contribution >= 4 is 12.0 Å². The Hall–Kier alpha value is -1.60. The fraction of sp³-hybridized carbons (Fsp3) is 0.778. The lowest BCUT2D eigenvalue weighted by Crippen LogP contribution is -2.46. The normalized spacial score (nSPS) is 11.8. The summed E-state index contributed by atoms with van der Waals surface area (Å²) in [7, 11) is 0. The summed E-state index contributed by atoms with van der Waals surface area (Å²) < 4.78 is 4.87. The van der Waals surface area contributed by atoms with Crippen molar-refractivity contribution in [2.75, 3.05) is 13.2 Å². The lowest BCUT2D eigenvalue weighted by atomic mass is 10.1. The summed E-state index contributed by atoms with van der Waals surface area (Å²) in [5.74, 6) is -0.572. The number of hydrogen-bond acceptors (Lipinski definition) is 5. The van der Waals surface area contributed by atoms with E-state index in [1.807, 2.05) is 0 Å². The van der Waals surface area contributed by atoms with Gasteiger partial charge in [-0.05, 0) is 12.5 Å². The Balaban J connectivity index is 3.62. The van der Waals surface area contributed by atoms with Crippen molar-refractivity contribution in [3.05, 3.63) is 12.7 Å². The molecule has 1 unspecified atom stereocenters. The Bertz CT molecular complexity index is 374. The first kappa shape index (κ1) is 23.4. The van der Waals surface area contributed by atoms with Crippen LogP contribution in [0, 0.1) is 0 Å². The number of rotatable bonds is 15. The van der Waals surface area contributed by atoms with Crippen molar-refractivity contribution in [1.29, 1.82) is 0 Å². The Morgan fingerprint density at radius 1 is 1.04 bits per heavy atom. The van der Waals surface area contributed by atoms with Crippen LogP contribution in [0.4, 0.5) is 4.79 Å². The van der Waals surface area contributed by atoms with E-state index >= 15 is 0 Å². The van der Waals surface area contributed by atoms with Gasteiger partial charge in [-0.25, -0.2) is 4.79 Å². The van der Waals surface area contributed by atoms with E-state index in [1.54, 1.807) is 0 Å². The molecule has 0 heterocycles.